The molecule has 0 radical (unpaired) electrons. The van der Waals surface area contributed by atoms with Crippen LogP contribution in [0, 0.1) is 5.92 Å². The molecule has 0 aliphatic heterocycles. The lowest BCUT2D eigenvalue weighted by Crippen LogP contribution is -2.16. The fourth-order valence-electron chi connectivity index (χ4n) is 3.23. The molecular formula is C21H24N4O2S. The van der Waals surface area contributed by atoms with Gasteiger partial charge in [-0.2, -0.15) is 4.98 Å². The third kappa shape index (κ3) is 4.47. The molecular weight excluding hydrogens is 372 g/mol. The summed E-state index contributed by atoms with van der Waals surface area (Å²) in [6.45, 7) is 6.28. The number of carbonyl (C=O) groups is 1. The first-order valence-corrected chi connectivity index (χ1v) is 10.4. The molecule has 1 aliphatic carbocycles. The Kier molecular flexibility index (Phi) is 5.02. The Bertz CT molecular complexity index is 958. The summed E-state index contributed by atoms with van der Waals surface area (Å²) < 4.78 is 5.35. The van der Waals surface area contributed by atoms with E-state index in [2.05, 4.69) is 65.5 Å². The van der Waals surface area contributed by atoms with Crippen molar-refractivity contribution in [3.63, 3.8) is 0 Å². The maximum Gasteiger partial charge on any atom is 0.233 e. The molecule has 0 spiro atoms. The van der Waals surface area contributed by atoms with Crippen molar-refractivity contribution in [3.05, 3.63) is 58.7 Å². The van der Waals surface area contributed by atoms with E-state index in [4.69, 9.17) is 4.52 Å². The average molecular weight is 397 g/mol. The average Bonchev–Trinajstić information content (AvgIpc) is 3.00. The van der Waals surface area contributed by atoms with Gasteiger partial charge in [0.05, 0.1) is 12.1 Å². The molecule has 0 saturated heterocycles. The first kappa shape index (κ1) is 18.8. The highest BCUT2D eigenvalue weighted by Crippen LogP contribution is 2.48. The van der Waals surface area contributed by atoms with E-state index in [1.165, 1.54) is 16.9 Å². The minimum Gasteiger partial charge on any atom is -0.339 e. The molecule has 1 saturated carbocycles. The Labute approximate surface area is 168 Å². The Morgan fingerprint density at radius 3 is 2.75 bits per heavy atom. The molecule has 1 fully saturated rings. The molecule has 2 aromatic heterocycles. The highest BCUT2D eigenvalue weighted by atomic mass is 32.1. The van der Waals surface area contributed by atoms with Gasteiger partial charge in [-0.1, -0.05) is 56.3 Å². The van der Waals surface area contributed by atoms with E-state index in [9.17, 15) is 4.79 Å². The van der Waals surface area contributed by atoms with Crippen LogP contribution in [-0.2, 0) is 23.1 Å². The molecule has 2 atom stereocenters. The minimum atomic E-state index is -0.184. The second-order valence-corrected chi connectivity index (χ2v) is 9.19. The van der Waals surface area contributed by atoms with Crippen LogP contribution in [-0.4, -0.2) is 21.0 Å². The Hall–Kier alpha value is -2.54. The number of benzene rings is 1. The highest BCUT2D eigenvalue weighted by Gasteiger charge is 2.39. The summed E-state index contributed by atoms with van der Waals surface area (Å²) in [5.41, 5.74) is 2.29. The van der Waals surface area contributed by atoms with Crippen LogP contribution in [0.5, 0.6) is 0 Å². The normalized spacial score (nSPS) is 18.8. The first-order valence-electron chi connectivity index (χ1n) is 9.51. The Morgan fingerprint density at radius 1 is 1.25 bits per heavy atom. The van der Waals surface area contributed by atoms with Crippen molar-refractivity contribution in [1.82, 2.24) is 15.1 Å². The van der Waals surface area contributed by atoms with Crippen LogP contribution in [0.1, 0.15) is 56.1 Å². The summed E-state index contributed by atoms with van der Waals surface area (Å²) in [5.74, 6) is 1.95. The summed E-state index contributed by atoms with van der Waals surface area (Å²) in [4.78, 5) is 21.1. The van der Waals surface area contributed by atoms with Gasteiger partial charge < -0.3 is 9.84 Å². The van der Waals surface area contributed by atoms with Crippen molar-refractivity contribution in [2.24, 2.45) is 5.92 Å². The van der Waals surface area contributed by atoms with E-state index < -0.39 is 0 Å². The van der Waals surface area contributed by atoms with Gasteiger partial charge in [-0.05, 0) is 23.8 Å². The second-order valence-electron chi connectivity index (χ2n) is 8.33. The number of hydrogen-bond donors (Lipinski definition) is 1. The predicted molar refractivity (Wildman–Crippen MR) is 108 cm³/mol. The van der Waals surface area contributed by atoms with Crippen LogP contribution in [0.3, 0.4) is 0 Å². The first-order chi connectivity index (χ1) is 13.4. The highest BCUT2D eigenvalue weighted by molar-refractivity contribution is 7.13. The summed E-state index contributed by atoms with van der Waals surface area (Å²) in [5, 5.41) is 9.35. The molecule has 1 aromatic carbocycles. The maximum absolute atomic E-state index is 12.3. The van der Waals surface area contributed by atoms with Crippen molar-refractivity contribution in [3.8, 4) is 0 Å². The molecule has 7 heteroatoms. The molecule has 6 nitrogen and oxygen atoms in total. The van der Waals surface area contributed by atoms with Gasteiger partial charge >= 0.3 is 0 Å². The van der Waals surface area contributed by atoms with Gasteiger partial charge in [-0.15, -0.1) is 11.3 Å². The van der Waals surface area contributed by atoms with Crippen LogP contribution in [0.4, 0.5) is 5.13 Å². The molecule has 0 bridgehead atoms. The van der Waals surface area contributed by atoms with Gasteiger partial charge in [0, 0.05) is 17.2 Å². The molecule has 28 heavy (non-hydrogen) atoms. The van der Waals surface area contributed by atoms with Gasteiger partial charge in [-0.25, -0.2) is 4.98 Å². The van der Waals surface area contributed by atoms with Crippen LogP contribution in [0.2, 0.25) is 0 Å². The number of nitrogens with zero attached hydrogens (tertiary/aromatic N) is 3. The van der Waals surface area contributed by atoms with Crippen molar-refractivity contribution in [2.45, 2.75) is 51.4 Å². The van der Waals surface area contributed by atoms with Gasteiger partial charge in [0.25, 0.3) is 0 Å². The molecule has 146 valence electrons. The lowest BCUT2D eigenvalue weighted by Gasteiger charge is -2.14. The Morgan fingerprint density at radius 2 is 2.04 bits per heavy atom. The molecule has 2 heterocycles. The van der Waals surface area contributed by atoms with E-state index in [1.54, 1.807) is 0 Å². The largest absolute Gasteiger partial charge is 0.339 e. The smallest absolute Gasteiger partial charge is 0.233 e. The predicted octanol–water partition coefficient (Wildman–Crippen LogP) is 4.35. The summed E-state index contributed by atoms with van der Waals surface area (Å²) in [6, 6.07) is 10.5. The van der Waals surface area contributed by atoms with Gasteiger partial charge in [0.2, 0.25) is 11.8 Å². The lowest BCUT2D eigenvalue weighted by atomic mass is 9.93. The number of amides is 1. The van der Waals surface area contributed by atoms with E-state index in [0.717, 1.165) is 18.5 Å². The third-order valence-electron chi connectivity index (χ3n) is 4.93. The van der Waals surface area contributed by atoms with E-state index >= 15 is 0 Å². The lowest BCUT2D eigenvalue weighted by molar-refractivity contribution is -0.115. The monoisotopic (exact) mass is 396 g/mol. The Balaban J connectivity index is 1.29. The molecule has 1 N–H and O–H groups in total. The second kappa shape index (κ2) is 7.47. The van der Waals surface area contributed by atoms with E-state index in [0.29, 0.717) is 28.7 Å². The van der Waals surface area contributed by atoms with Crippen LogP contribution in [0.15, 0.2) is 40.2 Å². The molecule has 3 aromatic rings. The number of thiazole rings is 1. The molecule has 1 aliphatic rings. The number of anilines is 1. The van der Waals surface area contributed by atoms with Crippen LogP contribution >= 0.6 is 11.3 Å². The maximum atomic E-state index is 12.3. The van der Waals surface area contributed by atoms with E-state index in [-0.39, 0.29) is 17.7 Å². The van der Waals surface area contributed by atoms with Crippen molar-refractivity contribution in [2.75, 3.05) is 5.32 Å². The number of carbonyl (C=O) groups excluding carboxylic acids is 1. The summed E-state index contributed by atoms with van der Waals surface area (Å²) in [7, 11) is 0. The standard InChI is InChI=1S/C21H24N4O2S/c1-21(2,3)16-12-28-20(22-16)24-18(26)11-17-23-19(27-25-17)10-14-9-15(14)13-7-5-4-6-8-13/h4-8,12,14-15H,9-11H2,1-3H3,(H,22,24,26)/t14-,15-/m0/s1. The fraction of sp³-hybridized carbons (Fsp3) is 0.429. The van der Waals surface area contributed by atoms with Crippen molar-refractivity contribution in [1.29, 1.82) is 0 Å². The zero-order valence-electron chi connectivity index (χ0n) is 16.3. The molecule has 0 unspecified atom stereocenters. The minimum absolute atomic E-state index is 0.0392. The zero-order chi connectivity index (χ0) is 19.7. The van der Waals surface area contributed by atoms with Crippen LogP contribution < -0.4 is 5.32 Å². The third-order valence-corrected chi connectivity index (χ3v) is 5.69. The number of aromatic nitrogens is 3. The molecule has 1 amide bonds. The zero-order valence-corrected chi connectivity index (χ0v) is 17.1. The van der Waals surface area contributed by atoms with Gasteiger partial charge in [0.15, 0.2) is 11.0 Å². The van der Waals surface area contributed by atoms with Crippen molar-refractivity contribution < 1.29 is 9.32 Å². The summed E-state index contributed by atoms with van der Waals surface area (Å²) in [6.07, 6.45) is 1.98. The van der Waals surface area contributed by atoms with Crippen LogP contribution in [0.25, 0.3) is 0 Å². The van der Waals surface area contributed by atoms with E-state index in [1.807, 2.05) is 11.4 Å². The molecule has 4 rings (SSSR count). The number of rotatable bonds is 6. The quantitative estimate of drug-likeness (QED) is 0.670. The van der Waals surface area contributed by atoms with Gasteiger partial charge in [-0.3, -0.25) is 4.79 Å². The topological polar surface area (TPSA) is 80.9 Å². The number of hydrogen-bond acceptors (Lipinski definition) is 6. The van der Waals surface area contributed by atoms with Gasteiger partial charge in [0.1, 0.15) is 0 Å². The van der Waals surface area contributed by atoms with Crippen molar-refractivity contribution >= 4 is 22.4 Å². The number of nitrogens with one attached hydrogen (secondary N) is 1. The fourth-order valence-corrected chi connectivity index (χ4v) is 4.19. The summed E-state index contributed by atoms with van der Waals surface area (Å²) >= 11 is 1.43. The SMILES string of the molecule is CC(C)(C)c1csc(NC(=O)Cc2noc(C[C@@H]3C[C@H]3c3ccccc3)n2)n1.